The molecule has 2 aliphatic rings. The molecule has 0 spiro atoms. The van der Waals surface area contributed by atoms with E-state index in [0.717, 1.165) is 17.8 Å². The zero-order valence-electron chi connectivity index (χ0n) is 37.0. The van der Waals surface area contributed by atoms with Gasteiger partial charge in [0.15, 0.2) is 0 Å². The first kappa shape index (κ1) is 38.3. The van der Waals surface area contributed by atoms with Crippen molar-refractivity contribution < 1.29 is 0 Å². The Morgan fingerprint density at radius 2 is 0.924 bits per heavy atom. The number of para-hydroxylation sites is 2. The van der Waals surface area contributed by atoms with Crippen molar-refractivity contribution in [1.82, 2.24) is 4.57 Å². The van der Waals surface area contributed by atoms with Gasteiger partial charge in [0.05, 0.1) is 22.1 Å². The summed E-state index contributed by atoms with van der Waals surface area (Å²) in [6.45, 7) is 4.60. The number of nitrogens with zero attached hydrogens (tertiary/aromatic N) is 2. The SMILES string of the molecule is Cc1ccccc1C1(c2ccccc2C)c2cc3c(cc2-c2cc4c5ccccc5n(-c5ccc(-c6ccccc6)cc5)c4cc21)Cc1ccccc1N3c1cccc(-c2ccccc2)c1. The Labute approximate surface area is 386 Å². The zero-order chi connectivity index (χ0) is 43.9. The topological polar surface area (TPSA) is 8.17 Å². The highest BCUT2D eigenvalue weighted by molar-refractivity contribution is 6.12. The highest BCUT2D eigenvalue weighted by Crippen LogP contribution is 2.61. The molecule has 0 bridgehead atoms. The average Bonchev–Trinajstić information content (AvgIpc) is 3.84. The van der Waals surface area contributed by atoms with Gasteiger partial charge in [-0.3, -0.25) is 0 Å². The van der Waals surface area contributed by atoms with Crippen molar-refractivity contribution in [2.45, 2.75) is 25.7 Å². The van der Waals surface area contributed by atoms with Crippen molar-refractivity contribution in [2.75, 3.05) is 4.90 Å². The average molecular weight is 843 g/mol. The Morgan fingerprint density at radius 3 is 1.65 bits per heavy atom. The van der Waals surface area contributed by atoms with Gasteiger partial charge >= 0.3 is 0 Å². The zero-order valence-corrected chi connectivity index (χ0v) is 37.0. The lowest BCUT2D eigenvalue weighted by molar-refractivity contribution is 0.754. The Kier molecular flexibility index (Phi) is 8.66. The smallest absolute Gasteiger partial charge is 0.0720 e. The highest BCUT2D eigenvalue weighted by atomic mass is 15.2. The van der Waals surface area contributed by atoms with Crippen LogP contribution in [0.5, 0.6) is 0 Å². The number of hydrogen-bond donors (Lipinski definition) is 0. The van der Waals surface area contributed by atoms with Crippen molar-refractivity contribution in [3.63, 3.8) is 0 Å². The van der Waals surface area contributed by atoms with Gasteiger partial charge in [-0.2, -0.15) is 0 Å². The number of hydrogen-bond acceptors (Lipinski definition) is 1. The molecule has 2 heterocycles. The molecule has 0 saturated carbocycles. The van der Waals surface area contributed by atoms with Crippen LogP contribution in [0.1, 0.15) is 44.5 Å². The van der Waals surface area contributed by atoms with Crippen LogP contribution in [-0.2, 0) is 11.8 Å². The quantitative estimate of drug-likeness (QED) is 0.162. The van der Waals surface area contributed by atoms with E-state index in [1.165, 1.54) is 111 Å². The van der Waals surface area contributed by atoms with E-state index in [2.05, 4.69) is 254 Å². The molecule has 13 rings (SSSR count). The third-order valence-electron chi connectivity index (χ3n) is 14.5. The third kappa shape index (κ3) is 5.68. The maximum atomic E-state index is 2.58. The van der Waals surface area contributed by atoms with Gasteiger partial charge in [-0.25, -0.2) is 0 Å². The lowest BCUT2D eigenvalue weighted by Gasteiger charge is -2.38. The van der Waals surface area contributed by atoms with Crippen molar-refractivity contribution >= 4 is 38.9 Å². The summed E-state index contributed by atoms with van der Waals surface area (Å²) < 4.78 is 2.49. The summed E-state index contributed by atoms with van der Waals surface area (Å²) in [6.07, 6.45) is 0.852. The Balaban J connectivity index is 1.12. The second kappa shape index (κ2) is 14.9. The van der Waals surface area contributed by atoms with Crippen molar-refractivity contribution in [1.29, 1.82) is 0 Å². The van der Waals surface area contributed by atoms with Gasteiger partial charge < -0.3 is 9.47 Å². The molecule has 0 atom stereocenters. The molecule has 0 amide bonds. The molecule has 0 unspecified atom stereocenters. The first-order valence-electron chi connectivity index (χ1n) is 23.1. The molecule has 2 nitrogen and oxygen atoms in total. The van der Waals surface area contributed by atoms with Crippen LogP contribution < -0.4 is 4.90 Å². The fourth-order valence-corrected chi connectivity index (χ4v) is 11.6. The lowest BCUT2D eigenvalue weighted by Crippen LogP contribution is -2.31. The predicted octanol–water partition coefficient (Wildman–Crippen LogP) is 16.5. The van der Waals surface area contributed by atoms with Gasteiger partial charge in [-0.1, -0.05) is 170 Å². The van der Waals surface area contributed by atoms with Gasteiger partial charge in [0.1, 0.15) is 0 Å². The van der Waals surface area contributed by atoms with E-state index in [4.69, 9.17) is 0 Å². The molecule has 2 heteroatoms. The van der Waals surface area contributed by atoms with Gasteiger partial charge in [0.2, 0.25) is 0 Å². The number of rotatable bonds is 6. The van der Waals surface area contributed by atoms with Crippen LogP contribution >= 0.6 is 0 Å². The number of fused-ring (bicyclic) bond motifs is 8. The number of aryl methyl sites for hydroxylation is 2. The molecule has 0 saturated heterocycles. The molecule has 0 radical (unpaired) electrons. The third-order valence-corrected chi connectivity index (χ3v) is 14.5. The number of benzene rings is 10. The molecule has 1 aliphatic carbocycles. The van der Waals surface area contributed by atoms with Crippen LogP contribution in [0.3, 0.4) is 0 Å². The van der Waals surface area contributed by atoms with Crippen LogP contribution in [0.2, 0.25) is 0 Å². The fraction of sp³-hybridized carbons (Fsp3) is 0.0625. The van der Waals surface area contributed by atoms with Gasteiger partial charge in [-0.05, 0) is 152 Å². The maximum absolute atomic E-state index is 2.58. The Bertz CT molecular complexity index is 3640. The van der Waals surface area contributed by atoms with E-state index in [9.17, 15) is 0 Å². The second-order valence-corrected chi connectivity index (χ2v) is 18.1. The summed E-state index contributed by atoms with van der Waals surface area (Å²) >= 11 is 0. The van der Waals surface area contributed by atoms with Gasteiger partial charge in [0, 0.05) is 34.3 Å². The minimum atomic E-state index is -0.627. The standard InChI is InChI=1S/C64H46N2/c1-42-18-9-13-28-56(42)64(57-29-14-10-19-43(57)2)58-40-62-49(36-48-24-11-15-30-60(48)66(62)51-26-17-25-47(37-51)45-22-7-4-8-23-45)38-53(58)54-39-55-52-27-12-16-31-61(52)65(63(55)41-59(54)64)50-34-32-46(33-35-50)44-20-5-3-6-21-44/h3-35,37-41H,36H2,1-2H3. The molecule has 1 aliphatic heterocycles. The molecule has 0 N–H and O–H groups in total. The molecule has 10 aromatic carbocycles. The first-order chi connectivity index (χ1) is 32.6. The van der Waals surface area contributed by atoms with E-state index in [0.29, 0.717) is 0 Å². The van der Waals surface area contributed by atoms with Crippen molar-refractivity contribution in [3.8, 4) is 39.1 Å². The van der Waals surface area contributed by atoms with Crippen LogP contribution in [0.4, 0.5) is 17.1 Å². The molecular formula is C64H46N2. The summed E-state index contributed by atoms with van der Waals surface area (Å²) in [7, 11) is 0. The predicted molar refractivity (Wildman–Crippen MR) is 276 cm³/mol. The largest absolute Gasteiger partial charge is 0.310 e. The minimum Gasteiger partial charge on any atom is -0.310 e. The number of aromatic nitrogens is 1. The minimum absolute atomic E-state index is 0.627. The monoisotopic (exact) mass is 842 g/mol. The van der Waals surface area contributed by atoms with Gasteiger partial charge in [-0.15, -0.1) is 0 Å². The van der Waals surface area contributed by atoms with Crippen molar-refractivity contribution in [3.05, 3.63) is 275 Å². The normalized spacial score (nSPS) is 13.3. The highest BCUT2D eigenvalue weighted by Gasteiger charge is 2.49. The summed E-state index contributed by atoms with van der Waals surface area (Å²) in [4.78, 5) is 2.53. The second-order valence-electron chi connectivity index (χ2n) is 18.1. The molecule has 0 fully saturated rings. The summed E-state index contributed by atoms with van der Waals surface area (Å²) in [5.41, 5.74) is 24.4. The van der Waals surface area contributed by atoms with Crippen LogP contribution in [-0.4, -0.2) is 4.57 Å². The van der Waals surface area contributed by atoms with E-state index in [1.807, 2.05) is 0 Å². The summed E-state index contributed by atoms with van der Waals surface area (Å²) in [6, 6.07) is 86.0. The molecule has 66 heavy (non-hydrogen) atoms. The first-order valence-corrected chi connectivity index (χ1v) is 23.1. The molecular weight excluding hydrogens is 797 g/mol. The van der Waals surface area contributed by atoms with Gasteiger partial charge in [0.25, 0.3) is 0 Å². The number of anilines is 3. The van der Waals surface area contributed by atoms with Crippen LogP contribution in [0.25, 0.3) is 60.9 Å². The van der Waals surface area contributed by atoms with E-state index in [1.54, 1.807) is 0 Å². The summed E-state index contributed by atoms with van der Waals surface area (Å²) in [5.74, 6) is 0. The Morgan fingerprint density at radius 1 is 0.348 bits per heavy atom. The maximum Gasteiger partial charge on any atom is 0.0720 e. The lowest BCUT2D eigenvalue weighted by atomic mass is 9.65. The van der Waals surface area contributed by atoms with Crippen molar-refractivity contribution in [2.24, 2.45) is 0 Å². The van der Waals surface area contributed by atoms with E-state index >= 15 is 0 Å². The van der Waals surface area contributed by atoms with Crippen LogP contribution in [0, 0.1) is 13.8 Å². The van der Waals surface area contributed by atoms with E-state index < -0.39 is 5.41 Å². The van der Waals surface area contributed by atoms with Crippen LogP contribution in [0.15, 0.2) is 231 Å². The van der Waals surface area contributed by atoms with E-state index in [-0.39, 0.29) is 0 Å². The molecule has 1 aromatic heterocycles. The summed E-state index contributed by atoms with van der Waals surface area (Å²) in [5, 5.41) is 2.51. The molecule has 312 valence electrons. The molecule has 11 aromatic rings. The Hall–Kier alpha value is -8.20. The fourth-order valence-electron chi connectivity index (χ4n) is 11.6.